The van der Waals surface area contributed by atoms with E-state index in [0.717, 1.165) is 11.3 Å². The molecule has 2 fully saturated rings. The van der Waals surface area contributed by atoms with Crippen LogP contribution in [0.25, 0.3) is 6.08 Å². The van der Waals surface area contributed by atoms with Gasteiger partial charge < -0.3 is 19.9 Å². The Hall–Kier alpha value is -2.61. The molecule has 2 atom stereocenters. The Morgan fingerprint density at radius 1 is 1.25 bits per heavy atom. The van der Waals surface area contributed by atoms with Crippen LogP contribution in [0.3, 0.4) is 0 Å². The fraction of sp³-hybridized carbons (Fsp3) is 0.312. The molecular formula is C16H19N5O2S. The Labute approximate surface area is 146 Å². The summed E-state index contributed by atoms with van der Waals surface area (Å²) in [5.74, 6) is 0.818. The van der Waals surface area contributed by atoms with Crippen LogP contribution >= 0.6 is 12.2 Å². The fourth-order valence-electron chi connectivity index (χ4n) is 2.77. The van der Waals surface area contributed by atoms with Gasteiger partial charge in [0.05, 0.1) is 7.11 Å². The highest BCUT2D eigenvalue weighted by atomic mass is 32.1. The van der Waals surface area contributed by atoms with E-state index < -0.39 is 0 Å². The summed E-state index contributed by atoms with van der Waals surface area (Å²) in [4.78, 5) is 15.3. The van der Waals surface area contributed by atoms with Crippen LogP contribution in [-0.2, 0) is 0 Å². The summed E-state index contributed by atoms with van der Waals surface area (Å²) in [6, 6.07) is 7.65. The van der Waals surface area contributed by atoms with Crippen LogP contribution in [0, 0.1) is 0 Å². The van der Waals surface area contributed by atoms with E-state index in [9.17, 15) is 4.79 Å². The molecule has 2 heterocycles. The number of methoxy groups -OCH3 is 1. The lowest BCUT2D eigenvalue weighted by Gasteiger charge is -2.23. The summed E-state index contributed by atoms with van der Waals surface area (Å²) in [7, 11) is 5.13. The van der Waals surface area contributed by atoms with Crippen LogP contribution in [0.2, 0.25) is 0 Å². The number of allylic oxidation sites excluding steroid dienone is 1. The second kappa shape index (κ2) is 6.48. The molecule has 2 aliphatic heterocycles. The summed E-state index contributed by atoms with van der Waals surface area (Å²) in [6.45, 7) is 0. The van der Waals surface area contributed by atoms with Crippen LogP contribution < -0.4 is 10.1 Å². The molecule has 2 aliphatic rings. The van der Waals surface area contributed by atoms with Gasteiger partial charge in [-0.05, 0) is 36.0 Å². The van der Waals surface area contributed by atoms with E-state index in [0.29, 0.717) is 5.11 Å². The van der Waals surface area contributed by atoms with E-state index >= 15 is 0 Å². The topological polar surface area (TPSA) is 60.4 Å². The Balaban J connectivity index is 1.68. The quantitative estimate of drug-likeness (QED) is 0.662. The molecule has 1 N–H and O–H groups in total. The number of hydrogen-bond acceptors (Lipinski definition) is 4. The van der Waals surface area contributed by atoms with Gasteiger partial charge in [-0.2, -0.15) is 5.10 Å². The van der Waals surface area contributed by atoms with Crippen molar-refractivity contribution in [2.45, 2.75) is 12.3 Å². The summed E-state index contributed by atoms with van der Waals surface area (Å²) < 4.78 is 5.13. The number of thiocarbonyl (C=S) groups is 1. The molecule has 2 unspecified atom stereocenters. The van der Waals surface area contributed by atoms with Gasteiger partial charge >= 0.3 is 6.03 Å². The molecule has 7 nitrogen and oxygen atoms in total. The van der Waals surface area contributed by atoms with Gasteiger partial charge in [-0.1, -0.05) is 18.2 Å². The normalized spacial score (nSPS) is 23.5. The summed E-state index contributed by atoms with van der Waals surface area (Å²) in [6.07, 6.45) is 5.01. The minimum Gasteiger partial charge on any atom is -0.497 e. The summed E-state index contributed by atoms with van der Waals surface area (Å²) in [5, 5.41) is 9.66. The lowest BCUT2D eigenvalue weighted by atomic mass is 10.2. The minimum absolute atomic E-state index is 0.0611. The largest absolute Gasteiger partial charge is 0.497 e. The Morgan fingerprint density at radius 2 is 1.96 bits per heavy atom. The molecule has 1 aromatic carbocycles. The number of hydrogen-bond donors (Lipinski definition) is 1. The van der Waals surface area contributed by atoms with Gasteiger partial charge in [0.25, 0.3) is 0 Å². The van der Waals surface area contributed by atoms with Crippen molar-refractivity contribution in [2.75, 3.05) is 21.2 Å². The summed E-state index contributed by atoms with van der Waals surface area (Å²) in [5.41, 5.74) is 1.04. The predicted octanol–water partition coefficient (Wildman–Crippen LogP) is 1.53. The highest BCUT2D eigenvalue weighted by molar-refractivity contribution is 7.80. The van der Waals surface area contributed by atoms with E-state index in [4.69, 9.17) is 17.0 Å². The standard InChI is InChI=1S/C16H19N5O2S/c1-19-13-14(20(2)16(19)22)21(15(24)18-13)17-10-4-5-11-6-8-12(23-3)9-7-11/h4-10,13-14H,1-3H3,(H,18,24)/b5-4+,17-10+. The SMILES string of the molecule is COc1ccc(/C=C/C=N/N2C(=S)NC3C2N(C)C(=O)N3C)cc1. The molecule has 0 spiro atoms. The number of urea groups is 1. The highest BCUT2D eigenvalue weighted by Gasteiger charge is 2.51. The van der Waals surface area contributed by atoms with Crippen LogP contribution in [0.5, 0.6) is 5.75 Å². The van der Waals surface area contributed by atoms with Crippen molar-refractivity contribution in [1.82, 2.24) is 20.1 Å². The monoisotopic (exact) mass is 345 g/mol. The first kappa shape index (κ1) is 16.3. The number of rotatable bonds is 4. The zero-order valence-corrected chi connectivity index (χ0v) is 14.5. The number of ether oxygens (including phenoxy) is 1. The average molecular weight is 345 g/mol. The first-order valence-corrected chi connectivity index (χ1v) is 7.88. The molecule has 126 valence electrons. The van der Waals surface area contributed by atoms with E-state index in [1.54, 1.807) is 42.2 Å². The summed E-state index contributed by atoms with van der Waals surface area (Å²) >= 11 is 5.31. The van der Waals surface area contributed by atoms with Crippen molar-refractivity contribution in [3.05, 3.63) is 35.9 Å². The first-order valence-electron chi connectivity index (χ1n) is 7.47. The number of fused-ring (bicyclic) bond motifs is 1. The number of nitrogens with zero attached hydrogens (tertiary/aromatic N) is 4. The molecule has 24 heavy (non-hydrogen) atoms. The van der Waals surface area contributed by atoms with Crippen LogP contribution in [-0.4, -0.2) is 65.7 Å². The van der Waals surface area contributed by atoms with E-state index in [1.165, 1.54) is 0 Å². The Bertz CT molecular complexity index is 703. The van der Waals surface area contributed by atoms with Crippen LogP contribution in [0.4, 0.5) is 4.79 Å². The van der Waals surface area contributed by atoms with Gasteiger partial charge in [0.2, 0.25) is 0 Å². The zero-order valence-electron chi connectivity index (χ0n) is 13.7. The number of benzene rings is 1. The van der Waals surface area contributed by atoms with Gasteiger partial charge in [-0.3, -0.25) is 0 Å². The maximum Gasteiger partial charge on any atom is 0.323 e. The van der Waals surface area contributed by atoms with Gasteiger partial charge in [0, 0.05) is 20.3 Å². The molecule has 0 radical (unpaired) electrons. The smallest absolute Gasteiger partial charge is 0.323 e. The van der Waals surface area contributed by atoms with Crippen LogP contribution in [0.1, 0.15) is 5.56 Å². The van der Waals surface area contributed by atoms with E-state index in [1.807, 2.05) is 36.4 Å². The molecule has 2 saturated heterocycles. The van der Waals surface area contributed by atoms with Crippen molar-refractivity contribution in [3.8, 4) is 5.75 Å². The molecule has 3 rings (SSSR count). The van der Waals surface area contributed by atoms with Crippen molar-refractivity contribution >= 4 is 35.7 Å². The maximum absolute atomic E-state index is 12.0. The number of likely N-dealkylation sites (N-methyl/N-ethyl adjacent to an activating group) is 2. The third-order valence-corrected chi connectivity index (χ3v) is 4.42. The lowest BCUT2D eigenvalue weighted by molar-refractivity contribution is 0.174. The molecular weight excluding hydrogens is 326 g/mol. The molecule has 0 saturated carbocycles. The van der Waals surface area contributed by atoms with Crippen molar-refractivity contribution in [2.24, 2.45) is 5.10 Å². The number of nitrogens with one attached hydrogen (secondary N) is 1. The number of amides is 2. The number of hydrazone groups is 1. The van der Waals surface area contributed by atoms with Crippen LogP contribution in [0.15, 0.2) is 35.4 Å². The predicted molar refractivity (Wildman–Crippen MR) is 96.6 cm³/mol. The van der Waals surface area contributed by atoms with E-state index in [-0.39, 0.29) is 18.4 Å². The van der Waals surface area contributed by atoms with Crippen molar-refractivity contribution in [1.29, 1.82) is 0 Å². The van der Waals surface area contributed by atoms with Crippen molar-refractivity contribution in [3.63, 3.8) is 0 Å². The van der Waals surface area contributed by atoms with Gasteiger partial charge in [0.1, 0.15) is 11.9 Å². The molecule has 8 heteroatoms. The number of carbonyl (C=O) groups is 1. The molecule has 2 amide bonds. The highest BCUT2D eigenvalue weighted by Crippen LogP contribution is 2.26. The third kappa shape index (κ3) is 2.80. The minimum atomic E-state index is -0.236. The molecule has 0 aromatic heterocycles. The van der Waals surface area contributed by atoms with Gasteiger partial charge in [0.15, 0.2) is 11.3 Å². The molecule has 1 aromatic rings. The van der Waals surface area contributed by atoms with Gasteiger partial charge in [-0.25, -0.2) is 9.80 Å². The Kier molecular flexibility index (Phi) is 4.39. The first-order chi connectivity index (χ1) is 11.5. The zero-order chi connectivity index (χ0) is 17.3. The Morgan fingerprint density at radius 3 is 2.62 bits per heavy atom. The fourth-order valence-corrected chi connectivity index (χ4v) is 3.05. The maximum atomic E-state index is 12.0. The second-order valence-electron chi connectivity index (χ2n) is 5.55. The molecule has 0 aliphatic carbocycles. The third-order valence-electron chi connectivity index (χ3n) is 4.11. The lowest BCUT2D eigenvalue weighted by Crippen LogP contribution is -2.41. The number of carbonyl (C=O) groups excluding carboxylic acids is 1. The van der Waals surface area contributed by atoms with Crippen molar-refractivity contribution < 1.29 is 9.53 Å². The average Bonchev–Trinajstić information content (AvgIpc) is 3.02. The molecule has 0 bridgehead atoms. The van der Waals surface area contributed by atoms with E-state index in [2.05, 4.69) is 10.4 Å². The van der Waals surface area contributed by atoms with Gasteiger partial charge in [-0.15, -0.1) is 0 Å². The second-order valence-corrected chi connectivity index (χ2v) is 5.94.